The molecule has 0 saturated heterocycles. The molecule has 6 nitrogen and oxygen atoms in total. The third-order valence-electron chi connectivity index (χ3n) is 3.61. The average Bonchev–Trinajstić information content (AvgIpc) is 2.52. The van der Waals surface area contributed by atoms with E-state index in [1.54, 1.807) is 0 Å². The number of unbranched alkanes of at least 4 members (excludes halogenated alkanes) is 1. The fourth-order valence-electron chi connectivity index (χ4n) is 2.45. The highest BCUT2D eigenvalue weighted by Crippen LogP contribution is 2.26. The van der Waals surface area contributed by atoms with Crippen molar-refractivity contribution in [2.75, 3.05) is 25.1 Å². The van der Waals surface area contributed by atoms with Gasteiger partial charge in [0.25, 0.3) is 0 Å². The molecule has 23 heavy (non-hydrogen) atoms. The zero-order chi connectivity index (χ0) is 16.8. The predicted molar refractivity (Wildman–Crippen MR) is 92.2 cm³/mol. The van der Waals surface area contributed by atoms with E-state index in [1.165, 1.54) is 12.8 Å². The Kier molecular flexibility index (Phi) is 5.50. The largest absolute Gasteiger partial charge is 0.382 e. The van der Waals surface area contributed by atoms with Crippen LogP contribution in [0.4, 0.5) is 11.8 Å². The fourth-order valence-corrected chi connectivity index (χ4v) is 2.45. The molecule has 0 amide bonds. The van der Waals surface area contributed by atoms with Gasteiger partial charge in [-0.2, -0.15) is 10.2 Å². The molecule has 2 aromatic rings. The summed E-state index contributed by atoms with van der Waals surface area (Å²) in [6, 6.07) is 9.99. The maximum Gasteiger partial charge on any atom is 0.222 e. The number of benzene rings is 1. The minimum Gasteiger partial charge on any atom is -0.382 e. The van der Waals surface area contributed by atoms with Gasteiger partial charge in [-0.05, 0) is 31.6 Å². The summed E-state index contributed by atoms with van der Waals surface area (Å²) in [5.74, 6) is 0.183. The van der Waals surface area contributed by atoms with E-state index < -0.39 is 0 Å². The molecule has 1 aromatic carbocycles. The van der Waals surface area contributed by atoms with Crippen LogP contribution in [-0.4, -0.2) is 28.5 Å². The van der Waals surface area contributed by atoms with Gasteiger partial charge < -0.3 is 16.4 Å². The number of hydrogen-bond donors (Lipinski definition) is 2. The highest BCUT2D eigenvalue weighted by atomic mass is 15.1. The molecule has 0 aliphatic carbocycles. The summed E-state index contributed by atoms with van der Waals surface area (Å²) in [7, 11) is 2.10. The Hall–Kier alpha value is -2.65. The van der Waals surface area contributed by atoms with Crippen molar-refractivity contribution in [3.63, 3.8) is 0 Å². The SMILES string of the molecule is CCCCN(C)Cc1cccc(-c2nc(N)nc(N)c2C#N)c1. The van der Waals surface area contributed by atoms with Crippen molar-refractivity contribution in [3.8, 4) is 17.3 Å². The number of nitrogen functional groups attached to an aromatic ring is 2. The van der Waals surface area contributed by atoms with Crippen molar-refractivity contribution in [2.45, 2.75) is 26.3 Å². The van der Waals surface area contributed by atoms with E-state index in [4.69, 9.17) is 11.5 Å². The highest BCUT2D eigenvalue weighted by molar-refractivity contribution is 5.73. The van der Waals surface area contributed by atoms with Crippen molar-refractivity contribution < 1.29 is 0 Å². The normalized spacial score (nSPS) is 10.7. The number of rotatable bonds is 6. The molecule has 2 rings (SSSR count). The molecule has 0 radical (unpaired) electrons. The number of hydrogen-bond acceptors (Lipinski definition) is 6. The van der Waals surface area contributed by atoms with Crippen molar-refractivity contribution in [1.82, 2.24) is 14.9 Å². The lowest BCUT2D eigenvalue weighted by molar-refractivity contribution is 0.321. The van der Waals surface area contributed by atoms with Gasteiger partial charge >= 0.3 is 0 Å². The second-order valence-electron chi connectivity index (χ2n) is 5.59. The number of nitrogens with two attached hydrogens (primary N) is 2. The smallest absolute Gasteiger partial charge is 0.222 e. The molecule has 0 saturated carbocycles. The standard InChI is InChI=1S/C17H22N6/c1-3-4-8-23(2)11-12-6-5-7-13(9-12)15-14(10-18)16(19)22-17(20)21-15/h5-7,9H,3-4,8,11H2,1-2H3,(H4,19,20,21,22). The Morgan fingerprint density at radius 1 is 1.26 bits per heavy atom. The summed E-state index contributed by atoms with van der Waals surface area (Å²) < 4.78 is 0. The molecule has 0 aliphatic rings. The molecular weight excluding hydrogens is 288 g/mol. The lowest BCUT2D eigenvalue weighted by atomic mass is 10.0. The van der Waals surface area contributed by atoms with Crippen LogP contribution in [0.25, 0.3) is 11.3 Å². The Labute approximate surface area is 136 Å². The molecule has 0 atom stereocenters. The van der Waals surface area contributed by atoms with Crippen LogP contribution in [0.5, 0.6) is 0 Å². The zero-order valence-electron chi connectivity index (χ0n) is 13.6. The predicted octanol–water partition coefficient (Wildman–Crippen LogP) is 2.41. The van der Waals surface area contributed by atoms with Gasteiger partial charge in [0.2, 0.25) is 5.95 Å². The van der Waals surface area contributed by atoms with Crippen LogP contribution in [0.15, 0.2) is 24.3 Å². The summed E-state index contributed by atoms with van der Waals surface area (Å²) in [6.45, 7) is 4.07. The average molecular weight is 310 g/mol. The first kappa shape index (κ1) is 16.7. The van der Waals surface area contributed by atoms with Crippen molar-refractivity contribution in [1.29, 1.82) is 5.26 Å². The topological polar surface area (TPSA) is 105 Å². The number of nitriles is 1. The first-order chi connectivity index (χ1) is 11.0. The van der Waals surface area contributed by atoms with Crippen molar-refractivity contribution in [2.24, 2.45) is 0 Å². The molecule has 0 fully saturated rings. The second kappa shape index (κ2) is 7.56. The molecule has 0 aliphatic heterocycles. The third-order valence-corrected chi connectivity index (χ3v) is 3.61. The number of aromatic nitrogens is 2. The van der Waals surface area contributed by atoms with Gasteiger partial charge in [0.15, 0.2) is 0 Å². The van der Waals surface area contributed by atoms with Crippen LogP contribution < -0.4 is 11.5 Å². The van der Waals surface area contributed by atoms with Crippen LogP contribution in [-0.2, 0) is 6.54 Å². The molecule has 0 bridgehead atoms. The molecule has 1 heterocycles. The quantitative estimate of drug-likeness (QED) is 0.849. The summed E-state index contributed by atoms with van der Waals surface area (Å²) in [4.78, 5) is 10.3. The molecule has 4 N–H and O–H groups in total. The maximum absolute atomic E-state index is 9.30. The van der Waals surface area contributed by atoms with Gasteiger partial charge in [-0.15, -0.1) is 0 Å². The summed E-state index contributed by atoms with van der Waals surface area (Å²) >= 11 is 0. The molecular formula is C17H22N6. The minimum absolute atomic E-state index is 0.0713. The molecule has 1 aromatic heterocycles. The van der Waals surface area contributed by atoms with E-state index in [1.807, 2.05) is 18.2 Å². The van der Waals surface area contributed by atoms with E-state index in [2.05, 4.69) is 41.0 Å². The zero-order valence-corrected chi connectivity index (χ0v) is 13.6. The van der Waals surface area contributed by atoms with Gasteiger partial charge in [-0.3, -0.25) is 0 Å². The third kappa shape index (κ3) is 4.18. The lowest BCUT2D eigenvalue weighted by Gasteiger charge is -2.16. The van der Waals surface area contributed by atoms with E-state index in [9.17, 15) is 5.26 Å². The summed E-state index contributed by atoms with van der Waals surface area (Å²) in [6.07, 6.45) is 2.35. The van der Waals surface area contributed by atoms with E-state index in [0.29, 0.717) is 5.69 Å². The Morgan fingerprint density at radius 3 is 2.74 bits per heavy atom. The second-order valence-corrected chi connectivity index (χ2v) is 5.59. The van der Waals surface area contributed by atoms with Gasteiger partial charge in [0.1, 0.15) is 17.5 Å². The monoisotopic (exact) mass is 310 g/mol. The van der Waals surface area contributed by atoms with Gasteiger partial charge in [-0.1, -0.05) is 31.5 Å². The Morgan fingerprint density at radius 2 is 2.04 bits per heavy atom. The van der Waals surface area contributed by atoms with Crippen LogP contribution in [0, 0.1) is 11.3 Å². The van der Waals surface area contributed by atoms with Crippen LogP contribution in [0.3, 0.4) is 0 Å². The van der Waals surface area contributed by atoms with Crippen molar-refractivity contribution in [3.05, 3.63) is 35.4 Å². The van der Waals surface area contributed by atoms with Crippen LogP contribution >= 0.6 is 0 Å². The lowest BCUT2D eigenvalue weighted by Crippen LogP contribution is -2.18. The van der Waals surface area contributed by atoms with Gasteiger partial charge in [-0.25, -0.2) is 4.98 Å². The number of anilines is 2. The maximum atomic E-state index is 9.30. The van der Waals surface area contributed by atoms with Gasteiger partial charge in [0.05, 0.1) is 5.69 Å². The number of nitrogens with zero attached hydrogens (tertiary/aromatic N) is 4. The van der Waals surface area contributed by atoms with E-state index >= 15 is 0 Å². The molecule has 0 spiro atoms. The summed E-state index contributed by atoms with van der Waals surface area (Å²) in [5, 5.41) is 9.30. The Bertz CT molecular complexity index is 720. The van der Waals surface area contributed by atoms with E-state index in [-0.39, 0.29) is 17.3 Å². The molecule has 120 valence electrons. The first-order valence-corrected chi connectivity index (χ1v) is 7.66. The minimum atomic E-state index is 0.0713. The van der Waals surface area contributed by atoms with E-state index in [0.717, 1.165) is 24.2 Å². The first-order valence-electron chi connectivity index (χ1n) is 7.66. The summed E-state index contributed by atoms with van der Waals surface area (Å²) in [5.41, 5.74) is 14.2. The molecule has 6 heteroatoms. The van der Waals surface area contributed by atoms with Crippen LogP contribution in [0.1, 0.15) is 30.9 Å². The van der Waals surface area contributed by atoms with Gasteiger partial charge in [0, 0.05) is 12.1 Å². The highest BCUT2D eigenvalue weighted by Gasteiger charge is 2.13. The van der Waals surface area contributed by atoms with Crippen LogP contribution in [0.2, 0.25) is 0 Å². The van der Waals surface area contributed by atoms with Crippen molar-refractivity contribution >= 4 is 11.8 Å². The molecule has 0 unspecified atom stereocenters. The Balaban J connectivity index is 2.32. The fraction of sp³-hybridized carbons (Fsp3) is 0.353.